The van der Waals surface area contributed by atoms with Gasteiger partial charge in [-0.2, -0.15) is 17.6 Å². The van der Waals surface area contributed by atoms with Gasteiger partial charge in [-0.3, -0.25) is 0 Å². The fourth-order valence-electron chi connectivity index (χ4n) is 4.25. The molecule has 2 aliphatic carbocycles. The summed E-state index contributed by atoms with van der Waals surface area (Å²) >= 11 is 0. The third-order valence-electron chi connectivity index (χ3n) is 6.51. The van der Waals surface area contributed by atoms with Gasteiger partial charge in [-0.1, -0.05) is 13.8 Å². The van der Waals surface area contributed by atoms with Crippen molar-refractivity contribution in [2.75, 3.05) is 11.5 Å². The highest BCUT2D eigenvalue weighted by Gasteiger charge is 2.59. The molecule has 0 aliphatic heterocycles. The van der Waals surface area contributed by atoms with Gasteiger partial charge in [0, 0.05) is 22.5 Å². The molecule has 2 fully saturated rings. The predicted molar refractivity (Wildman–Crippen MR) is 112 cm³/mol. The summed E-state index contributed by atoms with van der Waals surface area (Å²) in [7, 11) is 0. The second-order valence-electron chi connectivity index (χ2n) is 8.68. The van der Waals surface area contributed by atoms with E-state index in [-0.39, 0.29) is 11.8 Å². The monoisotopic (exact) mass is 420 g/mol. The fourth-order valence-corrected chi connectivity index (χ4v) is 4.25. The standard InChI is InChI=1S/C24H28F4N2/c1-3-13-9-17(11-19(21(13)29)15-5-6-15)23(25,26)24(27,28)18-10-14(4-2)22(30)20(12-18)16-7-8-16/h9-12,15-16H,3-8,29-30H2,1-2H3. The van der Waals surface area contributed by atoms with Crippen LogP contribution in [0.4, 0.5) is 28.9 Å². The first-order valence-corrected chi connectivity index (χ1v) is 10.7. The predicted octanol–water partition coefficient (Wildman–Crippen LogP) is 6.61. The van der Waals surface area contributed by atoms with E-state index >= 15 is 17.6 Å². The zero-order valence-corrected chi connectivity index (χ0v) is 17.4. The van der Waals surface area contributed by atoms with Crippen molar-refractivity contribution < 1.29 is 17.6 Å². The minimum Gasteiger partial charge on any atom is -0.398 e. The molecule has 0 radical (unpaired) electrons. The Kier molecular flexibility index (Phi) is 5.02. The zero-order chi connectivity index (χ0) is 21.8. The van der Waals surface area contributed by atoms with Crippen LogP contribution in [0.1, 0.15) is 84.7 Å². The number of halogens is 4. The van der Waals surface area contributed by atoms with E-state index in [4.69, 9.17) is 11.5 Å². The first-order valence-electron chi connectivity index (χ1n) is 10.7. The fraction of sp³-hybridized carbons (Fsp3) is 0.500. The van der Waals surface area contributed by atoms with Gasteiger partial charge >= 0.3 is 11.8 Å². The third-order valence-corrected chi connectivity index (χ3v) is 6.51. The van der Waals surface area contributed by atoms with E-state index in [1.54, 1.807) is 13.8 Å². The van der Waals surface area contributed by atoms with E-state index in [0.29, 0.717) is 46.5 Å². The number of benzene rings is 2. The van der Waals surface area contributed by atoms with E-state index in [2.05, 4.69) is 0 Å². The Balaban J connectivity index is 1.82. The van der Waals surface area contributed by atoms with Crippen LogP contribution in [0.15, 0.2) is 24.3 Å². The highest BCUT2D eigenvalue weighted by atomic mass is 19.3. The van der Waals surface area contributed by atoms with Crippen LogP contribution >= 0.6 is 0 Å². The van der Waals surface area contributed by atoms with Crippen molar-refractivity contribution in [1.82, 2.24) is 0 Å². The van der Waals surface area contributed by atoms with Gasteiger partial charge in [-0.25, -0.2) is 0 Å². The Morgan fingerprint density at radius 3 is 1.30 bits per heavy atom. The molecule has 6 heteroatoms. The van der Waals surface area contributed by atoms with Gasteiger partial charge in [0.1, 0.15) is 0 Å². The summed E-state index contributed by atoms with van der Waals surface area (Å²) in [5, 5.41) is 0. The van der Waals surface area contributed by atoms with Gasteiger partial charge < -0.3 is 11.5 Å². The van der Waals surface area contributed by atoms with Gasteiger partial charge in [0.15, 0.2) is 0 Å². The Morgan fingerprint density at radius 1 is 0.700 bits per heavy atom. The number of hydrogen-bond donors (Lipinski definition) is 2. The molecule has 0 spiro atoms. The number of nitrogens with two attached hydrogens (primary N) is 2. The summed E-state index contributed by atoms with van der Waals surface area (Å²) < 4.78 is 61.6. The maximum Gasteiger partial charge on any atom is 0.339 e. The molecular weight excluding hydrogens is 392 g/mol. The Hall–Kier alpha value is -2.24. The van der Waals surface area contributed by atoms with E-state index in [0.717, 1.165) is 37.8 Å². The lowest BCUT2D eigenvalue weighted by molar-refractivity contribution is -0.224. The average molecular weight is 420 g/mol. The van der Waals surface area contributed by atoms with Gasteiger partial charge in [-0.05, 0) is 96.9 Å². The van der Waals surface area contributed by atoms with Crippen molar-refractivity contribution in [3.63, 3.8) is 0 Å². The molecule has 2 aromatic rings. The highest BCUT2D eigenvalue weighted by Crippen LogP contribution is 2.54. The van der Waals surface area contributed by atoms with Crippen molar-refractivity contribution in [1.29, 1.82) is 0 Å². The largest absolute Gasteiger partial charge is 0.398 e. The maximum absolute atomic E-state index is 15.4. The lowest BCUT2D eigenvalue weighted by Crippen LogP contribution is -2.36. The Morgan fingerprint density at radius 2 is 1.03 bits per heavy atom. The van der Waals surface area contributed by atoms with Gasteiger partial charge in [0.25, 0.3) is 0 Å². The van der Waals surface area contributed by atoms with Gasteiger partial charge in [-0.15, -0.1) is 0 Å². The van der Waals surface area contributed by atoms with Crippen molar-refractivity contribution >= 4 is 11.4 Å². The van der Waals surface area contributed by atoms with Crippen LogP contribution < -0.4 is 11.5 Å². The molecule has 4 rings (SSSR count). The Bertz CT molecular complexity index is 896. The highest BCUT2D eigenvalue weighted by molar-refractivity contribution is 5.61. The molecule has 0 bridgehead atoms. The lowest BCUT2D eigenvalue weighted by Gasteiger charge is -2.29. The molecule has 2 aromatic carbocycles. The summed E-state index contributed by atoms with van der Waals surface area (Å²) in [4.78, 5) is 0. The summed E-state index contributed by atoms with van der Waals surface area (Å²) in [6, 6.07) is 4.68. The molecule has 0 saturated heterocycles. The number of anilines is 2. The SMILES string of the molecule is CCc1cc(C(F)(F)C(F)(F)c2cc(CC)c(N)c(C3CC3)c2)cc(C2CC2)c1N. The summed E-state index contributed by atoms with van der Waals surface area (Å²) in [6.07, 6.45) is 4.22. The van der Waals surface area contributed by atoms with E-state index in [9.17, 15) is 0 Å². The second kappa shape index (κ2) is 7.17. The van der Waals surface area contributed by atoms with Crippen LogP contribution in [0.25, 0.3) is 0 Å². The smallest absolute Gasteiger partial charge is 0.339 e. The lowest BCUT2D eigenvalue weighted by atomic mass is 9.88. The molecule has 2 nitrogen and oxygen atoms in total. The van der Waals surface area contributed by atoms with E-state index in [1.807, 2.05) is 0 Å². The number of rotatable bonds is 7. The molecule has 0 aromatic heterocycles. The normalized spacial score (nSPS) is 17.4. The molecule has 162 valence electrons. The molecule has 0 heterocycles. The van der Waals surface area contributed by atoms with Crippen molar-refractivity contribution in [3.8, 4) is 0 Å². The second-order valence-corrected chi connectivity index (χ2v) is 8.68. The Labute approximate surface area is 174 Å². The number of hydrogen-bond acceptors (Lipinski definition) is 2. The minimum absolute atomic E-state index is 0.0874. The molecule has 0 atom stereocenters. The zero-order valence-electron chi connectivity index (χ0n) is 17.4. The molecule has 2 saturated carbocycles. The van der Waals surface area contributed by atoms with Gasteiger partial charge in [0.05, 0.1) is 0 Å². The molecule has 4 N–H and O–H groups in total. The number of aryl methyl sites for hydroxylation is 2. The first-order chi connectivity index (χ1) is 14.1. The van der Waals surface area contributed by atoms with E-state index < -0.39 is 23.0 Å². The quantitative estimate of drug-likeness (QED) is 0.391. The number of nitrogen functional groups attached to an aromatic ring is 2. The van der Waals surface area contributed by atoms with Crippen LogP contribution in [0.5, 0.6) is 0 Å². The summed E-state index contributed by atoms with van der Waals surface area (Å²) in [5.41, 5.74) is 14.0. The molecule has 30 heavy (non-hydrogen) atoms. The first kappa shape index (κ1) is 21.0. The van der Waals surface area contributed by atoms with Crippen LogP contribution in [-0.4, -0.2) is 0 Å². The van der Waals surface area contributed by atoms with Gasteiger partial charge in [0.2, 0.25) is 0 Å². The van der Waals surface area contributed by atoms with Crippen LogP contribution in [0.2, 0.25) is 0 Å². The van der Waals surface area contributed by atoms with Crippen molar-refractivity contribution in [2.24, 2.45) is 0 Å². The maximum atomic E-state index is 15.4. The molecule has 0 amide bonds. The van der Waals surface area contributed by atoms with Crippen LogP contribution in [0, 0.1) is 0 Å². The summed E-state index contributed by atoms with van der Waals surface area (Å²) in [6.45, 7) is 3.58. The average Bonchev–Trinajstić information content (AvgIpc) is 3.61. The van der Waals surface area contributed by atoms with E-state index in [1.165, 1.54) is 12.1 Å². The van der Waals surface area contributed by atoms with Crippen LogP contribution in [0.3, 0.4) is 0 Å². The van der Waals surface area contributed by atoms with Crippen molar-refractivity contribution in [2.45, 2.75) is 76.1 Å². The minimum atomic E-state index is -4.36. The molecule has 0 unspecified atom stereocenters. The number of alkyl halides is 4. The van der Waals surface area contributed by atoms with Crippen LogP contribution in [-0.2, 0) is 24.7 Å². The molecular formula is C24H28F4N2. The van der Waals surface area contributed by atoms with Crippen molar-refractivity contribution in [3.05, 3.63) is 57.6 Å². The topological polar surface area (TPSA) is 52.0 Å². The third kappa shape index (κ3) is 3.34. The summed E-state index contributed by atoms with van der Waals surface area (Å²) in [5.74, 6) is -8.56. The molecule has 2 aliphatic rings.